The second-order valence-electron chi connectivity index (χ2n) is 4.23. The molecular weight excluding hydrogens is 224 g/mol. The van der Waals surface area contributed by atoms with E-state index in [1.165, 1.54) is 6.07 Å². The van der Waals surface area contributed by atoms with E-state index in [2.05, 4.69) is 4.98 Å². The van der Waals surface area contributed by atoms with Crippen molar-refractivity contribution in [2.75, 3.05) is 5.73 Å². The van der Waals surface area contributed by atoms with Gasteiger partial charge in [0.25, 0.3) is 0 Å². The van der Waals surface area contributed by atoms with E-state index in [9.17, 15) is 8.78 Å². The molecule has 17 heavy (non-hydrogen) atoms. The zero-order valence-electron chi connectivity index (χ0n) is 9.87. The summed E-state index contributed by atoms with van der Waals surface area (Å²) in [6.07, 6.45) is 1.85. The van der Waals surface area contributed by atoms with Gasteiger partial charge in [-0.3, -0.25) is 0 Å². The van der Waals surface area contributed by atoms with Gasteiger partial charge in [-0.15, -0.1) is 0 Å². The zero-order chi connectivity index (χ0) is 12.6. The van der Waals surface area contributed by atoms with Crippen molar-refractivity contribution < 1.29 is 8.78 Å². The standard InChI is InChI=1S/C12H15F2N3/c1-3-4-7(2)17-10-6-8(13)5-9(14)11(10)16-12(17)15/h5-7H,3-4H2,1-2H3,(H2,15,16). The van der Waals surface area contributed by atoms with Crippen molar-refractivity contribution in [1.82, 2.24) is 9.55 Å². The molecule has 0 fully saturated rings. The van der Waals surface area contributed by atoms with Gasteiger partial charge in [-0.2, -0.15) is 0 Å². The Labute approximate surface area is 98.2 Å². The average molecular weight is 239 g/mol. The predicted octanol–water partition coefficient (Wildman–Crippen LogP) is 3.26. The fourth-order valence-electron chi connectivity index (χ4n) is 2.15. The van der Waals surface area contributed by atoms with Crippen LogP contribution in [0.5, 0.6) is 0 Å². The molecule has 0 saturated carbocycles. The average Bonchev–Trinajstić information content (AvgIpc) is 2.55. The summed E-state index contributed by atoms with van der Waals surface area (Å²) < 4.78 is 28.4. The van der Waals surface area contributed by atoms with Crippen molar-refractivity contribution in [3.05, 3.63) is 23.8 Å². The van der Waals surface area contributed by atoms with Gasteiger partial charge >= 0.3 is 0 Å². The van der Waals surface area contributed by atoms with E-state index in [4.69, 9.17) is 5.73 Å². The fourth-order valence-corrected chi connectivity index (χ4v) is 2.15. The first-order valence-electron chi connectivity index (χ1n) is 5.67. The second-order valence-corrected chi connectivity index (χ2v) is 4.23. The number of benzene rings is 1. The van der Waals surface area contributed by atoms with Crippen molar-refractivity contribution in [3.63, 3.8) is 0 Å². The van der Waals surface area contributed by atoms with Crippen LogP contribution in [-0.2, 0) is 0 Å². The number of imidazole rings is 1. The summed E-state index contributed by atoms with van der Waals surface area (Å²) in [5, 5.41) is 0. The minimum atomic E-state index is -0.672. The molecule has 2 rings (SSSR count). The Morgan fingerprint density at radius 1 is 1.41 bits per heavy atom. The lowest BCUT2D eigenvalue weighted by Gasteiger charge is -2.14. The number of nitrogen functional groups attached to an aromatic ring is 1. The Kier molecular flexibility index (Phi) is 3.00. The van der Waals surface area contributed by atoms with Crippen LogP contribution in [0.1, 0.15) is 32.7 Å². The number of nitrogens with zero attached hydrogens (tertiary/aromatic N) is 2. The first kappa shape index (κ1) is 11.8. The Morgan fingerprint density at radius 2 is 2.12 bits per heavy atom. The van der Waals surface area contributed by atoms with Crippen LogP contribution in [0.25, 0.3) is 11.0 Å². The first-order valence-corrected chi connectivity index (χ1v) is 5.67. The highest BCUT2D eigenvalue weighted by Gasteiger charge is 2.17. The monoisotopic (exact) mass is 239 g/mol. The van der Waals surface area contributed by atoms with Gasteiger partial charge in [-0.25, -0.2) is 13.8 Å². The number of anilines is 1. The van der Waals surface area contributed by atoms with Crippen LogP contribution < -0.4 is 5.73 Å². The SMILES string of the molecule is CCCC(C)n1c(N)nc2c(F)cc(F)cc21. The number of hydrogen-bond acceptors (Lipinski definition) is 2. The van der Waals surface area contributed by atoms with Crippen LogP contribution in [0, 0.1) is 11.6 Å². The van der Waals surface area contributed by atoms with Crippen molar-refractivity contribution >= 4 is 17.0 Å². The highest BCUT2D eigenvalue weighted by Crippen LogP contribution is 2.27. The topological polar surface area (TPSA) is 43.8 Å². The van der Waals surface area contributed by atoms with Crippen molar-refractivity contribution in [2.45, 2.75) is 32.7 Å². The Morgan fingerprint density at radius 3 is 2.76 bits per heavy atom. The minimum absolute atomic E-state index is 0.0752. The molecule has 5 heteroatoms. The number of fused-ring (bicyclic) bond motifs is 1. The van der Waals surface area contributed by atoms with Gasteiger partial charge in [0.1, 0.15) is 11.3 Å². The smallest absolute Gasteiger partial charge is 0.201 e. The van der Waals surface area contributed by atoms with Crippen LogP contribution in [0.15, 0.2) is 12.1 Å². The maximum Gasteiger partial charge on any atom is 0.201 e. The molecule has 0 aliphatic rings. The largest absolute Gasteiger partial charge is 0.369 e. The summed E-state index contributed by atoms with van der Waals surface area (Å²) >= 11 is 0. The lowest BCUT2D eigenvalue weighted by molar-refractivity contribution is 0.517. The van der Waals surface area contributed by atoms with Gasteiger partial charge in [0.2, 0.25) is 5.95 Å². The molecule has 2 N–H and O–H groups in total. The summed E-state index contributed by atoms with van der Waals surface area (Å²) in [6, 6.07) is 2.17. The Bertz CT molecular complexity index is 548. The molecule has 3 nitrogen and oxygen atoms in total. The molecule has 1 aromatic carbocycles. The molecule has 1 aromatic heterocycles. The molecule has 1 unspecified atom stereocenters. The van der Waals surface area contributed by atoms with Gasteiger partial charge in [0.15, 0.2) is 5.82 Å². The highest BCUT2D eigenvalue weighted by atomic mass is 19.1. The van der Waals surface area contributed by atoms with Gasteiger partial charge < -0.3 is 10.3 Å². The Balaban J connectivity index is 2.66. The van der Waals surface area contributed by atoms with E-state index in [1.807, 2.05) is 13.8 Å². The van der Waals surface area contributed by atoms with Crippen molar-refractivity contribution in [3.8, 4) is 0 Å². The molecule has 0 saturated heterocycles. The maximum absolute atomic E-state index is 13.5. The fraction of sp³-hybridized carbons (Fsp3) is 0.417. The number of aromatic nitrogens is 2. The van der Waals surface area contributed by atoms with Crippen LogP contribution in [-0.4, -0.2) is 9.55 Å². The van der Waals surface area contributed by atoms with E-state index in [-0.39, 0.29) is 17.5 Å². The quantitative estimate of drug-likeness (QED) is 0.893. The molecule has 0 amide bonds. The molecule has 2 aromatic rings. The molecule has 1 heterocycles. The third-order valence-corrected chi connectivity index (χ3v) is 2.89. The van der Waals surface area contributed by atoms with Crippen LogP contribution in [0.4, 0.5) is 14.7 Å². The molecule has 0 aliphatic carbocycles. The normalized spacial score (nSPS) is 13.2. The van der Waals surface area contributed by atoms with E-state index < -0.39 is 11.6 Å². The molecule has 1 atom stereocenters. The molecule has 0 aliphatic heterocycles. The third-order valence-electron chi connectivity index (χ3n) is 2.89. The predicted molar refractivity (Wildman–Crippen MR) is 63.7 cm³/mol. The third kappa shape index (κ3) is 1.97. The van der Waals surface area contributed by atoms with E-state index in [0.29, 0.717) is 5.52 Å². The van der Waals surface area contributed by atoms with Gasteiger partial charge in [-0.1, -0.05) is 13.3 Å². The minimum Gasteiger partial charge on any atom is -0.369 e. The van der Waals surface area contributed by atoms with E-state index >= 15 is 0 Å². The van der Waals surface area contributed by atoms with Crippen molar-refractivity contribution in [1.29, 1.82) is 0 Å². The maximum atomic E-state index is 13.5. The summed E-state index contributed by atoms with van der Waals surface area (Å²) in [6.45, 7) is 4.01. The summed E-state index contributed by atoms with van der Waals surface area (Å²) in [7, 11) is 0. The second kappa shape index (κ2) is 4.31. The van der Waals surface area contributed by atoms with Gasteiger partial charge in [-0.05, 0) is 13.3 Å². The number of nitrogens with two attached hydrogens (primary N) is 1. The van der Waals surface area contributed by atoms with Crippen LogP contribution in [0.3, 0.4) is 0 Å². The molecule has 0 bridgehead atoms. The molecule has 0 spiro atoms. The molecule has 0 radical (unpaired) electrons. The number of halogens is 2. The lowest BCUT2D eigenvalue weighted by Crippen LogP contribution is -2.08. The number of hydrogen-bond donors (Lipinski definition) is 1. The number of rotatable bonds is 3. The lowest BCUT2D eigenvalue weighted by atomic mass is 10.2. The van der Waals surface area contributed by atoms with Gasteiger partial charge in [0.05, 0.1) is 5.52 Å². The summed E-state index contributed by atoms with van der Waals surface area (Å²) in [5.41, 5.74) is 6.32. The van der Waals surface area contributed by atoms with Crippen LogP contribution >= 0.6 is 0 Å². The first-order chi connectivity index (χ1) is 8.04. The molecule has 92 valence electrons. The van der Waals surface area contributed by atoms with Crippen molar-refractivity contribution in [2.24, 2.45) is 0 Å². The van der Waals surface area contributed by atoms with E-state index in [0.717, 1.165) is 18.9 Å². The van der Waals surface area contributed by atoms with Crippen LogP contribution in [0.2, 0.25) is 0 Å². The summed E-state index contributed by atoms with van der Waals surface area (Å²) in [4.78, 5) is 3.96. The molecular formula is C12H15F2N3. The highest BCUT2D eigenvalue weighted by molar-refractivity contribution is 5.79. The Hall–Kier alpha value is -1.65. The van der Waals surface area contributed by atoms with Gasteiger partial charge in [0, 0.05) is 18.2 Å². The zero-order valence-corrected chi connectivity index (χ0v) is 9.87. The summed E-state index contributed by atoms with van der Waals surface area (Å²) in [5.74, 6) is -1.06. The van der Waals surface area contributed by atoms with E-state index in [1.54, 1.807) is 4.57 Å².